The summed E-state index contributed by atoms with van der Waals surface area (Å²) in [7, 11) is 1.60. The van der Waals surface area contributed by atoms with Gasteiger partial charge in [-0.25, -0.2) is 9.48 Å². The second kappa shape index (κ2) is 7.32. The van der Waals surface area contributed by atoms with Crippen molar-refractivity contribution in [1.82, 2.24) is 9.78 Å². The summed E-state index contributed by atoms with van der Waals surface area (Å²) in [5.74, 6) is -0.0568. The number of aromatic nitrogens is 2. The van der Waals surface area contributed by atoms with Crippen molar-refractivity contribution in [3.8, 4) is 11.6 Å². The van der Waals surface area contributed by atoms with E-state index in [0.717, 1.165) is 16.8 Å². The molecule has 25 heavy (non-hydrogen) atoms. The van der Waals surface area contributed by atoms with Gasteiger partial charge < -0.3 is 9.47 Å². The first-order chi connectivity index (χ1) is 12.1. The molecular formula is C20H20N2O3. The maximum absolute atomic E-state index is 12.4. The van der Waals surface area contributed by atoms with E-state index in [-0.39, 0.29) is 0 Å². The van der Waals surface area contributed by atoms with Crippen LogP contribution in [0, 0.1) is 13.8 Å². The van der Waals surface area contributed by atoms with Crippen LogP contribution in [0.1, 0.15) is 27.2 Å². The third kappa shape index (κ3) is 3.95. The second-order valence-electron chi connectivity index (χ2n) is 5.91. The summed E-state index contributed by atoms with van der Waals surface area (Å²) < 4.78 is 12.3. The van der Waals surface area contributed by atoms with Gasteiger partial charge in [0.05, 0.1) is 23.6 Å². The molecule has 0 N–H and O–H groups in total. The van der Waals surface area contributed by atoms with Crippen LogP contribution >= 0.6 is 0 Å². The standard InChI is InChI=1S/C20H20N2O3/c1-14-4-8-16(9-5-14)20(23)25-19-12-17(13-24-3)21-22(19)18-10-6-15(2)7-11-18/h4-12H,13H2,1-3H3. The number of carbonyl (C=O) groups excluding carboxylic acids is 1. The van der Waals surface area contributed by atoms with E-state index in [1.165, 1.54) is 0 Å². The van der Waals surface area contributed by atoms with E-state index >= 15 is 0 Å². The van der Waals surface area contributed by atoms with Crippen molar-refractivity contribution < 1.29 is 14.3 Å². The Morgan fingerprint density at radius 2 is 1.60 bits per heavy atom. The number of carbonyl (C=O) groups is 1. The maximum atomic E-state index is 12.4. The van der Waals surface area contributed by atoms with Gasteiger partial charge in [0.25, 0.3) is 0 Å². The number of hydrogen-bond acceptors (Lipinski definition) is 4. The van der Waals surface area contributed by atoms with E-state index in [4.69, 9.17) is 9.47 Å². The van der Waals surface area contributed by atoms with E-state index in [2.05, 4.69) is 5.10 Å². The molecule has 0 saturated carbocycles. The van der Waals surface area contributed by atoms with Crippen LogP contribution in [-0.4, -0.2) is 22.9 Å². The third-order valence-corrected chi connectivity index (χ3v) is 3.78. The van der Waals surface area contributed by atoms with Crippen molar-refractivity contribution in [2.45, 2.75) is 20.5 Å². The van der Waals surface area contributed by atoms with Crippen LogP contribution in [0.15, 0.2) is 54.6 Å². The number of methoxy groups -OCH3 is 1. The number of hydrogen-bond donors (Lipinski definition) is 0. The minimum absolute atomic E-state index is 0.341. The molecule has 0 saturated heterocycles. The molecule has 0 fully saturated rings. The number of ether oxygens (including phenoxy) is 2. The van der Waals surface area contributed by atoms with Crippen molar-refractivity contribution in [2.75, 3.05) is 7.11 Å². The zero-order valence-corrected chi connectivity index (χ0v) is 14.5. The average Bonchev–Trinajstić information content (AvgIpc) is 2.99. The lowest BCUT2D eigenvalue weighted by Crippen LogP contribution is -2.11. The Hall–Kier alpha value is -2.92. The predicted octanol–water partition coefficient (Wildman–Crippen LogP) is 3.85. The highest BCUT2D eigenvalue weighted by atomic mass is 16.5. The number of benzene rings is 2. The van der Waals surface area contributed by atoms with Gasteiger partial charge in [0.2, 0.25) is 5.88 Å². The molecule has 0 atom stereocenters. The molecule has 0 spiro atoms. The highest BCUT2D eigenvalue weighted by molar-refractivity contribution is 5.90. The van der Waals surface area contributed by atoms with Crippen molar-refractivity contribution >= 4 is 5.97 Å². The fourth-order valence-corrected chi connectivity index (χ4v) is 2.42. The molecule has 0 amide bonds. The largest absolute Gasteiger partial charge is 0.404 e. The summed E-state index contributed by atoms with van der Waals surface area (Å²) in [6.45, 7) is 4.33. The van der Waals surface area contributed by atoms with E-state index in [1.807, 2.05) is 50.2 Å². The quantitative estimate of drug-likeness (QED) is 0.664. The predicted molar refractivity (Wildman–Crippen MR) is 95.2 cm³/mol. The van der Waals surface area contributed by atoms with E-state index in [9.17, 15) is 4.79 Å². The SMILES string of the molecule is COCc1cc(OC(=O)c2ccc(C)cc2)n(-c2ccc(C)cc2)n1. The Morgan fingerprint density at radius 3 is 2.20 bits per heavy atom. The topological polar surface area (TPSA) is 53.4 Å². The highest BCUT2D eigenvalue weighted by Gasteiger charge is 2.16. The Labute approximate surface area is 146 Å². The van der Waals surface area contributed by atoms with Crippen molar-refractivity contribution in [2.24, 2.45) is 0 Å². The molecule has 1 heterocycles. The first-order valence-electron chi connectivity index (χ1n) is 8.00. The number of aryl methyl sites for hydroxylation is 2. The van der Waals surface area contributed by atoms with Gasteiger partial charge in [0.15, 0.2) is 0 Å². The number of rotatable bonds is 5. The van der Waals surface area contributed by atoms with E-state index in [0.29, 0.717) is 23.7 Å². The van der Waals surface area contributed by atoms with Gasteiger partial charge in [0.1, 0.15) is 0 Å². The minimum Gasteiger partial charge on any atom is -0.404 e. The first-order valence-corrected chi connectivity index (χ1v) is 8.00. The van der Waals surface area contributed by atoms with Crippen molar-refractivity contribution in [3.63, 3.8) is 0 Å². The van der Waals surface area contributed by atoms with E-state index < -0.39 is 5.97 Å². The van der Waals surface area contributed by atoms with Crippen LogP contribution < -0.4 is 4.74 Å². The molecule has 0 aliphatic rings. The molecule has 5 heteroatoms. The lowest BCUT2D eigenvalue weighted by molar-refractivity contribution is 0.0723. The molecule has 2 aromatic carbocycles. The minimum atomic E-state index is -0.419. The molecule has 0 aliphatic heterocycles. The first kappa shape index (κ1) is 16.9. The molecule has 5 nitrogen and oxygen atoms in total. The Morgan fingerprint density at radius 1 is 1.00 bits per heavy atom. The van der Waals surface area contributed by atoms with Crippen LogP contribution in [0.5, 0.6) is 5.88 Å². The third-order valence-electron chi connectivity index (χ3n) is 3.78. The summed E-state index contributed by atoms with van der Waals surface area (Å²) in [4.78, 5) is 12.4. The van der Waals surface area contributed by atoms with Crippen molar-refractivity contribution in [1.29, 1.82) is 0 Å². The van der Waals surface area contributed by atoms with Crippen LogP contribution in [0.4, 0.5) is 0 Å². The van der Waals surface area contributed by atoms with Crippen LogP contribution in [0.3, 0.4) is 0 Å². The summed E-state index contributed by atoms with van der Waals surface area (Å²) in [6, 6.07) is 16.8. The van der Waals surface area contributed by atoms with Gasteiger partial charge in [-0.2, -0.15) is 5.10 Å². The Balaban J connectivity index is 1.92. The summed E-state index contributed by atoms with van der Waals surface area (Å²) >= 11 is 0. The van der Waals surface area contributed by atoms with Crippen LogP contribution in [-0.2, 0) is 11.3 Å². The number of nitrogens with zero attached hydrogens (tertiary/aromatic N) is 2. The number of esters is 1. The molecular weight excluding hydrogens is 316 g/mol. The average molecular weight is 336 g/mol. The van der Waals surface area contributed by atoms with Gasteiger partial charge in [0, 0.05) is 13.2 Å². The molecule has 3 rings (SSSR count). The molecule has 1 aromatic heterocycles. The van der Waals surface area contributed by atoms with Gasteiger partial charge >= 0.3 is 5.97 Å². The Kier molecular flexibility index (Phi) is 4.95. The fourth-order valence-electron chi connectivity index (χ4n) is 2.42. The van der Waals surface area contributed by atoms with Crippen LogP contribution in [0.25, 0.3) is 5.69 Å². The maximum Gasteiger partial charge on any atom is 0.344 e. The molecule has 0 bridgehead atoms. The van der Waals surface area contributed by atoms with Crippen molar-refractivity contribution in [3.05, 3.63) is 77.0 Å². The highest BCUT2D eigenvalue weighted by Crippen LogP contribution is 2.22. The zero-order valence-electron chi connectivity index (χ0n) is 14.5. The summed E-state index contributed by atoms with van der Waals surface area (Å²) in [5.41, 5.74) is 4.24. The van der Waals surface area contributed by atoms with E-state index in [1.54, 1.807) is 30.0 Å². The monoisotopic (exact) mass is 336 g/mol. The fraction of sp³-hybridized carbons (Fsp3) is 0.200. The second-order valence-corrected chi connectivity index (χ2v) is 5.91. The van der Waals surface area contributed by atoms with Gasteiger partial charge in [-0.05, 0) is 38.1 Å². The zero-order chi connectivity index (χ0) is 17.8. The van der Waals surface area contributed by atoms with Gasteiger partial charge in [-0.3, -0.25) is 0 Å². The summed E-state index contributed by atoms with van der Waals surface area (Å²) in [6.07, 6.45) is 0. The smallest absolute Gasteiger partial charge is 0.344 e. The van der Waals surface area contributed by atoms with Gasteiger partial charge in [-0.15, -0.1) is 0 Å². The van der Waals surface area contributed by atoms with Crippen LogP contribution in [0.2, 0.25) is 0 Å². The molecule has 128 valence electrons. The molecule has 0 aliphatic carbocycles. The molecule has 0 unspecified atom stereocenters. The normalized spacial score (nSPS) is 10.7. The molecule has 0 radical (unpaired) electrons. The Bertz CT molecular complexity index is 865. The lowest BCUT2D eigenvalue weighted by Gasteiger charge is -2.08. The van der Waals surface area contributed by atoms with Gasteiger partial charge in [-0.1, -0.05) is 35.4 Å². The summed E-state index contributed by atoms with van der Waals surface area (Å²) in [5, 5.41) is 4.48. The molecule has 3 aromatic rings. The lowest BCUT2D eigenvalue weighted by atomic mass is 10.1.